The molecule has 2 aromatic rings. The van der Waals surface area contributed by atoms with Crippen LogP contribution in [-0.2, 0) is 4.79 Å². The van der Waals surface area contributed by atoms with Crippen LogP contribution in [0.15, 0.2) is 42.5 Å². The molecule has 0 bridgehead atoms. The Morgan fingerprint density at radius 2 is 1.80 bits per heavy atom. The molecule has 6 heteroatoms. The zero-order valence-corrected chi connectivity index (χ0v) is 14.8. The van der Waals surface area contributed by atoms with E-state index < -0.39 is 0 Å². The molecule has 3 rings (SSSR count). The van der Waals surface area contributed by atoms with Crippen molar-refractivity contribution in [3.8, 4) is 5.75 Å². The number of ether oxygens (including phenoxy) is 1. The second-order valence-electron chi connectivity index (χ2n) is 6.19. The fraction of sp³-hybridized carbons (Fsp3) is 0.263. The molecule has 1 fully saturated rings. The topological polar surface area (TPSA) is 67.4 Å². The summed E-state index contributed by atoms with van der Waals surface area (Å²) in [4.78, 5) is 24.2. The number of anilines is 2. The first kappa shape index (κ1) is 17.3. The Balaban J connectivity index is 1.63. The molecule has 25 heavy (non-hydrogen) atoms. The van der Waals surface area contributed by atoms with E-state index >= 15 is 0 Å². The van der Waals surface area contributed by atoms with Gasteiger partial charge in [-0.25, -0.2) is 0 Å². The molecule has 2 N–H and O–H groups in total. The number of rotatable bonds is 5. The van der Waals surface area contributed by atoms with E-state index in [1.807, 2.05) is 0 Å². The van der Waals surface area contributed by atoms with Crippen LogP contribution >= 0.6 is 11.6 Å². The second kappa shape index (κ2) is 7.15. The minimum Gasteiger partial charge on any atom is -0.497 e. The van der Waals surface area contributed by atoms with Gasteiger partial charge in [0.25, 0.3) is 5.91 Å². The number of carbonyl (C=O) groups is 2. The highest BCUT2D eigenvalue weighted by atomic mass is 35.5. The molecule has 2 unspecified atom stereocenters. The molecule has 2 aromatic carbocycles. The fourth-order valence-electron chi connectivity index (χ4n) is 2.55. The van der Waals surface area contributed by atoms with Crippen LogP contribution < -0.4 is 15.4 Å². The average Bonchev–Trinajstić information content (AvgIpc) is 3.34. The number of hydrogen-bond acceptors (Lipinski definition) is 3. The SMILES string of the molecule is COc1ccc(NC(=O)c2ccc(NC(=O)C3CC3C)cc2)c(Cl)c1. The highest BCUT2D eigenvalue weighted by molar-refractivity contribution is 6.34. The molecule has 0 saturated heterocycles. The summed E-state index contributed by atoms with van der Waals surface area (Å²) in [5.41, 5.74) is 1.67. The lowest BCUT2D eigenvalue weighted by Gasteiger charge is -2.09. The smallest absolute Gasteiger partial charge is 0.255 e. The molecule has 130 valence electrons. The minimum atomic E-state index is -0.277. The van der Waals surface area contributed by atoms with Crippen molar-refractivity contribution in [2.24, 2.45) is 11.8 Å². The van der Waals surface area contributed by atoms with Crippen molar-refractivity contribution in [3.05, 3.63) is 53.1 Å². The largest absolute Gasteiger partial charge is 0.497 e. The van der Waals surface area contributed by atoms with E-state index in [0.717, 1.165) is 6.42 Å². The monoisotopic (exact) mass is 358 g/mol. The molecule has 0 aliphatic heterocycles. The maximum atomic E-state index is 12.3. The predicted molar refractivity (Wildman–Crippen MR) is 98.3 cm³/mol. The van der Waals surface area contributed by atoms with Crippen molar-refractivity contribution >= 4 is 34.8 Å². The standard InChI is InChI=1S/C19H19ClN2O3/c1-11-9-15(11)19(24)21-13-5-3-12(4-6-13)18(23)22-17-8-7-14(25-2)10-16(17)20/h3-8,10-11,15H,9H2,1-2H3,(H,21,24)(H,22,23). The normalized spacial score (nSPS) is 18.4. The van der Waals surface area contributed by atoms with Gasteiger partial charge in [0.1, 0.15) is 5.75 Å². The van der Waals surface area contributed by atoms with Gasteiger partial charge in [-0.15, -0.1) is 0 Å². The van der Waals surface area contributed by atoms with E-state index in [1.54, 1.807) is 49.6 Å². The van der Waals surface area contributed by atoms with Crippen LogP contribution in [-0.4, -0.2) is 18.9 Å². The van der Waals surface area contributed by atoms with Crippen molar-refractivity contribution in [1.82, 2.24) is 0 Å². The first-order chi connectivity index (χ1) is 12.0. The maximum absolute atomic E-state index is 12.3. The summed E-state index contributed by atoms with van der Waals surface area (Å²) < 4.78 is 5.08. The summed E-state index contributed by atoms with van der Waals surface area (Å²) in [6.07, 6.45) is 0.939. The highest BCUT2D eigenvalue weighted by Crippen LogP contribution is 2.38. The summed E-state index contributed by atoms with van der Waals surface area (Å²) in [6.45, 7) is 2.06. The fourth-order valence-corrected chi connectivity index (χ4v) is 2.76. The third-order valence-corrected chi connectivity index (χ3v) is 4.60. The van der Waals surface area contributed by atoms with E-state index in [0.29, 0.717) is 33.6 Å². The van der Waals surface area contributed by atoms with Gasteiger partial charge in [-0.3, -0.25) is 9.59 Å². The molecular weight excluding hydrogens is 340 g/mol. The van der Waals surface area contributed by atoms with Gasteiger partial charge in [-0.05, 0) is 48.7 Å². The van der Waals surface area contributed by atoms with Crippen LogP contribution in [0.3, 0.4) is 0 Å². The van der Waals surface area contributed by atoms with Crippen molar-refractivity contribution in [3.63, 3.8) is 0 Å². The Morgan fingerprint density at radius 3 is 2.36 bits per heavy atom. The van der Waals surface area contributed by atoms with E-state index in [4.69, 9.17) is 16.3 Å². The molecule has 2 atom stereocenters. The first-order valence-electron chi connectivity index (χ1n) is 8.03. The van der Waals surface area contributed by atoms with E-state index in [-0.39, 0.29) is 17.7 Å². The molecule has 0 aromatic heterocycles. The molecule has 2 amide bonds. The van der Waals surface area contributed by atoms with Gasteiger partial charge in [0, 0.05) is 23.2 Å². The number of nitrogens with one attached hydrogen (secondary N) is 2. The lowest BCUT2D eigenvalue weighted by molar-refractivity contribution is -0.117. The first-order valence-corrected chi connectivity index (χ1v) is 8.41. The Bertz CT molecular complexity index is 805. The van der Waals surface area contributed by atoms with E-state index in [1.165, 1.54) is 0 Å². The number of hydrogen-bond donors (Lipinski definition) is 2. The summed E-state index contributed by atoms with van der Waals surface area (Å²) in [6, 6.07) is 11.8. The zero-order chi connectivity index (χ0) is 18.0. The van der Waals surface area contributed by atoms with Crippen LogP contribution in [0.2, 0.25) is 5.02 Å². The minimum absolute atomic E-state index is 0.0368. The van der Waals surface area contributed by atoms with Gasteiger partial charge in [-0.1, -0.05) is 18.5 Å². The van der Waals surface area contributed by atoms with Gasteiger partial charge in [0.15, 0.2) is 0 Å². The zero-order valence-electron chi connectivity index (χ0n) is 14.0. The Kier molecular flexibility index (Phi) is 4.95. The predicted octanol–water partition coefficient (Wildman–Crippen LogP) is 4.20. The number of halogens is 1. The molecular formula is C19H19ClN2O3. The summed E-state index contributed by atoms with van der Waals surface area (Å²) >= 11 is 6.13. The van der Waals surface area contributed by atoms with E-state index in [2.05, 4.69) is 17.6 Å². The summed E-state index contributed by atoms with van der Waals surface area (Å²) in [7, 11) is 1.55. The highest BCUT2D eigenvalue weighted by Gasteiger charge is 2.39. The number of carbonyl (C=O) groups excluding carboxylic acids is 2. The number of methoxy groups -OCH3 is 1. The van der Waals surface area contributed by atoms with Crippen molar-refractivity contribution in [1.29, 1.82) is 0 Å². The van der Waals surface area contributed by atoms with Gasteiger partial charge in [0.05, 0.1) is 17.8 Å². The molecule has 1 saturated carbocycles. The maximum Gasteiger partial charge on any atom is 0.255 e. The van der Waals surface area contributed by atoms with Gasteiger partial charge in [0.2, 0.25) is 5.91 Å². The molecule has 0 heterocycles. The molecule has 0 spiro atoms. The van der Waals surface area contributed by atoms with Crippen LogP contribution in [0.1, 0.15) is 23.7 Å². The van der Waals surface area contributed by atoms with Crippen molar-refractivity contribution in [2.75, 3.05) is 17.7 Å². The van der Waals surface area contributed by atoms with Crippen LogP contribution in [0.4, 0.5) is 11.4 Å². The molecule has 1 aliphatic rings. The molecule has 1 aliphatic carbocycles. The van der Waals surface area contributed by atoms with Crippen molar-refractivity contribution in [2.45, 2.75) is 13.3 Å². The number of amides is 2. The van der Waals surface area contributed by atoms with Crippen LogP contribution in [0, 0.1) is 11.8 Å². The van der Waals surface area contributed by atoms with Crippen LogP contribution in [0.25, 0.3) is 0 Å². The van der Waals surface area contributed by atoms with E-state index in [9.17, 15) is 9.59 Å². The summed E-state index contributed by atoms with van der Waals surface area (Å²) in [5.74, 6) is 0.947. The Hall–Kier alpha value is -2.53. The Labute approximate surface area is 151 Å². The number of benzene rings is 2. The quantitative estimate of drug-likeness (QED) is 0.841. The van der Waals surface area contributed by atoms with Crippen LogP contribution in [0.5, 0.6) is 5.75 Å². The van der Waals surface area contributed by atoms with Gasteiger partial charge < -0.3 is 15.4 Å². The average molecular weight is 359 g/mol. The second-order valence-corrected chi connectivity index (χ2v) is 6.59. The third-order valence-electron chi connectivity index (χ3n) is 4.29. The third kappa shape index (κ3) is 4.12. The molecule has 5 nitrogen and oxygen atoms in total. The van der Waals surface area contributed by atoms with Crippen molar-refractivity contribution < 1.29 is 14.3 Å². The van der Waals surface area contributed by atoms with Gasteiger partial charge in [-0.2, -0.15) is 0 Å². The molecule has 0 radical (unpaired) electrons. The van der Waals surface area contributed by atoms with Gasteiger partial charge >= 0.3 is 0 Å². The lowest BCUT2D eigenvalue weighted by atomic mass is 10.2. The summed E-state index contributed by atoms with van der Waals surface area (Å²) in [5, 5.41) is 6.02. The Morgan fingerprint density at radius 1 is 1.12 bits per heavy atom. The lowest BCUT2D eigenvalue weighted by Crippen LogP contribution is -2.15.